The largest absolute Gasteiger partial charge is 0.286 e. The Hall–Kier alpha value is -2.67. The van der Waals surface area contributed by atoms with E-state index in [9.17, 15) is 4.79 Å². The molecule has 0 aliphatic heterocycles. The molecule has 0 radical (unpaired) electrons. The van der Waals surface area contributed by atoms with Crippen molar-refractivity contribution >= 4 is 55.1 Å². The van der Waals surface area contributed by atoms with Crippen LogP contribution < -0.4 is 5.56 Å². The molecule has 0 aliphatic rings. The van der Waals surface area contributed by atoms with Gasteiger partial charge in [0.2, 0.25) is 0 Å². The molecule has 32 heavy (non-hydrogen) atoms. The van der Waals surface area contributed by atoms with Crippen LogP contribution in [0, 0.1) is 0 Å². The number of hydrogen-bond acceptors (Lipinski definition) is 5. The van der Waals surface area contributed by atoms with E-state index in [-0.39, 0.29) is 11.5 Å². The first-order chi connectivity index (χ1) is 15.6. The highest BCUT2D eigenvalue weighted by Crippen LogP contribution is 2.32. The monoisotopic (exact) mass is 477 g/mol. The number of aromatic nitrogens is 3. The normalized spacial score (nSPS) is 12.4. The van der Waals surface area contributed by atoms with Gasteiger partial charge >= 0.3 is 0 Å². The molecule has 0 unspecified atom stereocenters. The van der Waals surface area contributed by atoms with Crippen LogP contribution in [-0.4, -0.2) is 14.5 Å². The lowest BCUT2D eigenvalue weighted by Crippen LogP contribution is -2.25. The highest BCUT2D eigenvalue weighted by Gasteiger charge is 2.19. The molecule has 1 atom stereocenters. The second-order valence-electron chi connectivity index (χ2n) is 7.67. The quantitative estimate of drug-likeness (QED) is 0.200. The molecule has 5 rings (SSSR count). The molecule has 0 spiro atoms. The van der Waals surface area contributed by atoms with Crippen molar-refractivity contribution in [2.75, 3.05) is 0 Å². The van der Waals surface area contributed by atoms with E-state index in [4.69, 9.17) is 16.6 Å². The van der Waals surface area contributed by atoms with Gasteiger partial charge in [-0.15, -0.1) is 11.3 Å². The third kappa shape index (κ3) is 4.18. The highest BCUT2D eigenvalue weighted by atomic mass is 35.5. The molecular weight excluding hydrogens is 458 g/mol. The fraction of sp³-hybridized carbons (Fsp3) is 0.160. The fourth-order valence-corrected chi connectivity index (χ4v) is 5.82. The molecule has 0 amide bonds. The Kier molecular flexibility index (Phi) is 6.00. The molecule has 0 N–H and O–H groups in total. The minimum absolute atomic E-state index is 0.000567. The minimum Gasteiger partial charge on any atom is -0.286 e. The Bertz CT molecular complexity index is 1450. The van der Waals surface area contributed by atoms with Gasteiger partial charge in [-0.3, -0.25) is 9.36 Å². The van der Waals surface area contributed by atoms with Crippen LogP contribution in [0.4, 0.5) is 0 Å². The summed E-state index contributed by atoms with van der Waals surface area (Å²) in [5.74, 6) is 0.880. The fourth-order valence-electron chi connectivity index (χ4n) is 3.70. The average Bonchev–Trinajstić information content (AvgIpc) is 3.20. The van der Waals surface area contributed by atoms with E-state index < -0.39 is 0 Å². The van der Waals surface area contributed by atoms with E-state index in [2.05, 4.69) is 24.0 Å². The summed E-state index contributed by atoms with van der Waals surface area (Å²) in [5, 5.41) is 2.37. The summed E-state index contributed by atoms with van der Waals surface area (Å²) in [4.78, 5) is 23.9. The molecule has 0 saturated heterocycles. The van der Waals surface area contributed by atoms with Crippen LogP contribution in [0.15, 0.2) is 82.9 Å². The Morgan fingerprint density at radius 3 is 2.62 bits per heavy atom. The summed E-state index contributed by atoms with van der Waals surface area (Å²) in [6, 6.07) is 21.9. The Morgan fingerprint density at radius 1 is 1.06 bits per heavy atom. The molecule has 3 heterocycles. The lowest BCUT2D eigenvalue weighted by Gasteiger charge is -2.17. The topological polar surface area (TPSA) is 47.8 Å². The van der Waals surface area contributed by atoms with E-state index in [0.29, 0.717) is 22.0 Å². The van der Waals surface area contributed by atoms with Crippen molar-refractivity contribution in [1.29, 1.82) is 0 Å². The van der Waals surface area contributed by atoms with Crippen LogP contribution in [0.5, 0.6) is 0 Å². The zero-order valence-corrected chi connectivity index (χ0v) is 19.8. The van der Waals surface area contributed by atoms with Gasteiger partial charge in [0.25, 0.3) is 5.56 Å². The van der Waals surface area contributed by atoms with Crippen molar-refractivity contribution in [2.24, 2.45) is 0 Å². The molecule has 5 aromatic rings. The SMILES string of the molecule is C[C@@H](Cn1c(SCc2ccc(Cl)cc2)nc2c(sc3ncccc32)c1=O)c1ccccc1. The lowest BCUT2D eigenvalue weighted by atomic mass is 10.0. The standard InChI is InChI=1S/C25H20ClN3OS2/c1-16(18-6-3-2-4-7-18)14-29-24(30)22-21(20-8-5-13-27-23(20)32-22)28-25(29)31-15-17-9-11-19(26)12-10-17/h2-13,16H,14-15H2,1H3/t16-/m0/s1. The maximum Gasteiger partial charge on any atom is 0.272 e. The van der Waals surface area contributed by atoms with Gasteiger partial charge in [-0.05, 0) is 41.3 Å². The summed E-state index contributed by atoms with van der Waals surface area (Å²) in [6.07, 6.45) is 1.75. The average molecular weight is 478 g/mol. The van der Waals surface area contributed by atoms with Gasteiger partial charge in [-0.25, -0.2) is 9.97 Å². The lowest BCUT2D eigenvalue weighted by molar-refractivity contribution is 0.532. The number of fused-ring (bicyclic) bond motifs is 3. The predicted octanol–water partition coefficient (Wildman–Crippen LogP) is 6.76. The third-order valence-electron chi connectivity index (χ3n) is 5.42. The molecule has 2 aromatic carbocycles. The van der Waals surface area contributed by atoms with Crippen LogP contribution in [0.3, 0.4) is 0 Å². The first-order valence-corrected chi connectivity index (χ1v) is 12.5. The summed E-state index contributed by atoms with van der Waals surface area (Å²) < 4.78 is 2.49. The summed E-state index contributed by atoms with van der Waals surface area (Å²) in [5.41, 5.74) is 3.07. The van der Waals surface area contributed by atoms with Crippen LogP contribution in [0.25, 0.3) is 20.4 Å². The molecule has 4 nitrogen and oxygen atoms in total. The number of nitrogens with zero attached hydrogens (tertiary/aromatic N) is 3. The minimum atomic E-state index is -0.000567. The van der Waals surface area contributed by atoms with Crippen molar-refractivity contribution < 1.29 is 0 Å². The van der Waals surface area contributed by atoms with Crippen molar-refractivity contribution in [3.8, 4) is 0 Å². The second kappa shape index (κ2) is 9.06. The van der Waals surface area contributed by atoms with Crippen LogP contribution >= 0.6 is 34.7 Å². The Morgan fingerprint density at radius 2 is 1.84 bits per heavy atom. The maximum atomic E-state index is 13.6. The number of halogens is 1. The van der Waals surface area contributed by atoms with Crippen molar-refractivity contribution in [2.45, 2.75) is 30.3 Å². The molecule has 3 aromatic heterocycles. The van der Waals surface area contributed by atoms with E-state index in [1.807, 2.05) is 59.2 Å². The first-order valence-electron chi connectivity index (χ1n) is 10.3. The van der Waals surface area contributed by atoms with Crippen LogP contribution in [-0.2, 0) is 12.3 Å². The van der Waals surface area contributed by atoms with Crippen LogP contribution in [0.2, 0.25) is 5.02 Å². The maximum absolute atomic E-state index is 13.6. The van der Waals surface area contributed by atoms with Gasteiger partial charge < -0.3 is 0 Å². The molecule has 0 aliphatic carbocycles. The Labute approximate surface area is 198 Å². The summed E-state index contributed by atoms with van der Waals surface area (Å²) in [6.45, 7) is 2.71. The first kappa shape index (κ1) is 21.2. The van der Waals surface area contributed by atoms with Crippen molar-refractivity contribution in [3.63, 3.8) is 0 Å². The number of thiophene rings is 1. The molecule has 7 heteroatoms. The van der Waals surface area contributed by atoms with E-state index >= 15 is 0 Å². The predicted molar refractivity (Wildman–Crippen MR) is 135 cm³/mol. The van der Waals surface area contributed by atoms with Gasteiger partial charge in [0.1, 0.15) is 9.53 Å². The molecule has 0 saturated carbocycles. The summed E-state index contributed by atoms with van der Waals surface area (Å²) >= 11 is 9.03. The smallest absolute Gasteiger partial charge is 0.272 e. The van der Waals surface area contributed by atoms with E-state index in [1.165, 1.54) is 16.9 Å². The number of rotatable bonds is 6. The zero-order chi connectivity index (χ0) is 22.1. The highest BCUT2D eigenvalue weighted by molar-refractivity contribution is 7.98. The van der Waals surface area contributed by atoms with E-state index in [0.717, 1.165) is 26.5 Å². The molecule has 0 bridgehead atoms. The van der Waals surface area contributed by atoms with Crippen LogP contribution in [0.1, 0.15) is 24.0 Å². The second-order valence-corrected chi connectivity index (χ2v) is 10.1. The van der Waals surface area contributed by atoms with Crippen molar-refractivity contribution in [3.05, 3.63) is 99.4 Å². The molecule has 0 fully saturated rings. The number of benzene rings is 2. The van der Waals surface area contributed by atoms with Gasteiger partial charge in [-0.1, -0.05) is 72.8 Å². The number of hydrogen-bond donors (Lipinski definition) is 0. The summed E-state index contributed by atoms with van der Waals surface area (Å²) in [7, 11) is 0. The van der Waals surface area contributed by atoms with Gasteiger partial charge in [0.15, 0.2) is 5.16 Å². The third-order valence-corrected chi connectivity index (χ3v) is 7.81. The molecule has 160 valence electrons. The van der Waals surface area contributed by atoms with Crippen molar-refractivity contribution in [1.82, 2.24) is 14.5 Å². The number of pyridine rings is 1. The van der Waals surface area contributed by atoms with E-state index in [1.54, 1.807) is 18.0 Å². The van der Waals surface area contributed by atoms with Gasteiger partial charge in [0.05, 0.1) is 5.52 Å². The zero-order valence-electron chi connectivity index (χ0n) is 17.4. The molecular formula is C25H20ClN3OS2. The number of thioether (sulfide) groups is 1. The van der Waals surface area contributed by atoms with Gasteiger partial charge in [-0.2, -0.15) is 0 Å². The Balaban J connectivity index is 1.59. The van der Waals surface area contributed by atoms with Gasteiger partial charge in [0, 0.05) is 28.9 Å².